The summed E-state index contributed by atoms with van der Waals surface area (Å²) in [6, 6.07) is 10.8. The molecule has 0 bridgehead atoms. The molecule has 8 heteroatoms. The smallest absolute Gasteiger partial charge is 0.412 e. The lowest BCUT2D eigenvalue weighted by atomic mass is 10.1. The van der Waals surface area contributed by atoms with Gasteiger partial charge in [0.15, 0.2) is 6.61 Å². The molecule has 0 aliphatic rings. The lowest BCUT2D eigenvalue weighted by Gasteiger charge is -2.19. The second-order valence-electron chi connectivity index (χ2n) is 7.27. The van der Waals surface area contributed by atoms with Gasteiger partial charge in [-0.15, -0.1) is 0 Å². The van der Waals surface area contributed by atoms with Crippen molar-refractivity contribution < 1.29 is 33.3 Å². The van der Waals surface area contributed by atoms with Crippen molar-refractivity contribution >= 4 is 23.5 Å². The Balaban J connectivity index is 1.95. The van der Waals surface area contributed by atoms with Crippen LogP contribution >= 0.6 is 0 Å². The van der Waals surface area contributed by atoms with E-state index in [-0.39, 0.29) is 11.1 Å². The number of anilines is 1. The highest BCUT2D eigenvalue weighted by molar-refractivity contribution is 6.01. The maximum atomic E-state index is 12.4. The number of ether oxygens (including phenoxy) is 4. The number of rotatable bonds is 7. The fourth-order valence-electron chi connectivity index (χ4n) is 2.43. The molecule has 8 nitrogen and oxygen atoms in total. The minimum absolute atomic E-state index is 0.235. The first-order chi connectivity index (χ1) is 14.1. The Morgan fingerprint density at radius 1 is 0.933 bits per heavy atom. The summed E-state index contributed by atoms with van der Waals surface area (Å²) >= 11 is 0. The number of ketones is 1. The van der Waals surface area contributed by atoms with E-state index in [2.05, 4.69) is 5.32 Å². The molecule has 2 rings (SSSR count). The molecule has 0 unspecified atom stereocenters. The summed E-state index contributed by atoms with van der Waals surface area (Å²) in [5, 5.41) is 2.57. The fourth-order valence-corrected chi connectivity index (χ4v) is 2.43. The number of methoxy groups -OCH3 is 2. The van der Waals surface area contributed by atoms with Crippen LogP contribution in [0.4, 0.5) is 10.5 Å². The van der Waals surface area contributed by atoms with Gasteiger partial charge in [-0.05, 0) is 57.2 Å². The Morgan fingerprint density at radius 2 is 1.60 bits per heavy atom. The maximum absolute atomic E-state index is 12.4. The Hall–Kier alpha value is -3.55. The average molecular weight is 415 g/mol. The van der Waals surface area contributed by atoms with Crippen molar-refractivity contribution in [3.8, 4) is 11.5 Å². The number of amides is 1. The number of carbonyl (C=O) groups excluding carboxylic acids is 3. The molecule has 0 saturated carbocycles. The first-order valence-electron chi connectivity index (χ1n) is 9.15. The van der Waals surface area contributed by atoms with Crippen LogP contribution in [-0.4, -0.2) is 44.3 Å². The molecular weight excluding hydrogens is 390 g/mol. The zero-order valence-electron chi connectivity index (χ0n) is 17.6. The van der Waals surface area contributed by atoms with Crippen LogP contribution in [0, 0.1) is 0 Å². The normalized spacial score (nSPS) is 10.7. The van der Waals surface area contributed by atoms with Crippen molar-refractivity contribution in [2.45, 2.75) is 26.4 Å². The molecule has 2 aromatic rings. The number of hydrogen-bond donors (Lipinski definition) is 1. The lowest BCUT2D eigenvalue weighted by molar-refractivity contribution is 0.0474. The van der Waals surface area contributed by atoms with Gasteiger partial charge in [-0.3, -0.25) is 10.1 Å². The van der Waals surface area contributed by atoms with Crippen molar-refractivity contribution in [3.63, 3.8) is 0 Å². The van der Waals surface area contributed by atoms with Crippen LogP contribution in [0.25, 0.3) is 0 Å². The molecular formula is C22H25NO7. The molecule has 0 radical (unpaired) electrons. The minimum atomic E-state index is -0.667. The van der Waals surface area contributed by atoms with Crippen molar-refractivity contribution in [2.24, 2.45) is 0 Å². The van der Waals surface area contributed by atoms with E-state index in [1.807, 2.05) is 0 Å². The third-order valence-electron chi connectivity index (χ3n) is 3.81. The summed E-state index contributed by atoms with van der Waals surface area (Å²) in [5.74, 6) is -0.209. The van der Waals surface area contributed by atoms with E-state index < -0.39 is 30.1 Å². The third-order valence-corrected chi connectivity index (χ3v) is 3.81. The van der Waals surface area contributed by atoms with Crippen LogP contribution in [0.1, 0.15) is 41.5 Å². The van der Waals surface area contributed by atoms with Gasteiger partial charge in [0.25, 0.3) is 0 Å². The van der Waals surface area contributed by atoms with E-state index in [0.29, 0.717) is 17.2 Å². The van der Waals surface area contributed by atoms with Crippen LogP contribution < -0.4 is 14.8 Å². The Morgan fingerprint density at radius 3 is 2.17 bits per heavy atom. The van der Waals surface area contributed by atoms with Gasteiger partial charge in [0, 0.05) is 11.8 Å². The molecule has 0 heterocycles. The second-order valence-corrected chi connectivity index (χ2v) is 7.27. The number of esters is 1. The topological polar surface area (TPSA) is 100 Å². The quantitative estimate of drug-likeness (QED) is 0.537. The van der Waals surface area contributed by atoms with E-state index in [9.17, 15) is 14.4 Å². The van der Waals surface area contributed by atoms with E-state index in [1.54, 1.807) is 39.0 Å². The van der Waals surface area contributed by atoms with Gasteiger partial charge in [-0.1, -0.05) is 0 Å². The molecule has 0 fully saturated rings. The number of Topliss-reactive ketones (excluding diaryl/α,β-unsaturated/α-hetero) is 1. The van der Waals surface area contributed by atoms with Crippen LogP contribution in [0.15, 0.2) is 42.5 Å². The number of carbonyl (C=O) groups is 3. The van der Waals surface area contributed by atoms with Gasteiger partial charge in [0.2, 0.25) is 5.78 Å². The van der Waals surface area contributed by atoms with Gasteiger partial charge < -0.3 is 18.9 Å². The minimum Gasteiger partial charge on any atom is -0.497 e. The first kappa shape index (κ1) is 22.7. The van der Waals surface area contributed by atoms with Gasteiger partial charge in [-0.2, -0.15) is 0 Å². The second kappa shape index (κ2) is 9.78. The molecule has 0 aromatic heterocycles. The Labute approximate surface area is 175 Å². The summed E-state index contributed by atoms with van der Waals surface area (Å²) in [6.07, 6.45) is -0.600. The van der Waals surface area contributed by atoms with E-state index in [1.165, 1.54) is 38.5 Å². The van der Waals surface area contributed by atoms with Crippen molar-refractivity contribution in [2.75, 3.05) is 26.1 Å². The summed E-state index contributed by atoms with van der Waals surface area (Å²) in [5.41, 5.74) is 0.356. The molecule has 1 N–H and O–H groups in total. The van der Waals surface area contributed by atoms with E-state index in [4.69, 9.17) is 18.9 Å². The van der Waals surface area contributed by atoms with Crippen molar-refractivity contribution in [1.29, 1.82) is 0 Å². The standard InChI is InChI=1S/C22H25NO7/c1-22(2,3)30-21(26)23-15-8-6-14(7-9-15)20(25)29-13-18(24)17-11-10-16(27-4)12-19(17)28-5/h6-12H,13H2,1-5H3,(H,23,26). The molecule has 0 aliphatic heterocycles. The predicted molar refractivity (Wildman–Crippen MR) is 110 cm³/mol. The van der Waals surface area contributed by atoms with Gasteiger partial charge in [-0.25, -0.2) is 9.59 Å². The molecule has 1 amide bonds. The van der Waals surface area contributed by atoms with Crippen molar-refractivity contribution in [3.05, 3.63) is 53.6 Å². The van der Waals surface area contributed by atoms with Gasteiger partial charge in [0.1, 0.15) is 17.1 Å². The van der Waals surface area contributed by atoms with Crippen LogP contribution in [0.2, 0.25) is 0 Å². The van der Waals surface area contributed by atoms with E-state index >= 15 is 0 Å². The zero-order valence-corrected chi connectivity index (χ0v) is 17.6. The molecule has 2 aromatic carbocycles. The molecule has 160 valence electrons. The average Bonchev–Trinajstić information content (AvgIpc) is 2.70. The maximum Gasteiger partial charge on any atom is 0.412 e. The molecule has 0 aliphatic carbocycles. The molecule has 30 heavy (non-hydrogen) atoms. The van der Waals surface area contributed by atoms with Gasteiger partial charge >= 0.3 is 12.1 Å². The van der Waals surface area contributed by atoms with Crippen LogP contribution in [-0.2, 0) is 9.47 Å². The fraction of sp³-hybridized carbons (Fsp3) is 0.318. The van der Waals surface area contributed by atoms with Crippen LogP contribution in [0.3, 0.4) is 0 Å². The molecule has 0 spiro atoms. The van der Waals surface area contributed by atoms with Gasteiger partial charge in [0.05, 0.1) is 25.3 Å². The Bertz CT molecular complexity index is 914. The lowest BCUT2D eigenvalue weighted by Crippen LogP contribution is -2.27. The highest BCUT2D eigenvalue weighted by Crippen LogP contribution is 2.25. The Kier molecular flexibility index (Phi) is 7.41. The molecule has 0 saturated heterocycles. The SMILES string of the molecule is COc1ccc(C(=O)COC(=O)c2ccc(NC(=O)OC(C)(C)C)cc2)c(OC)c1. The molecule has 0 atom stereocenters. The number of nitrogens with one attached hydrogen (secondary N) is 1. The number of hydrogen-bond acceptors (Lipinski definition) is 7. The highest BCUT2D eigenvalue weighted by atomic mass is 16.6. The zero-order chi connectivity index (χ0) is 22.3. The number of benzene rings is 2. The first-order valence-corrected chi connectivity index (χ1v) is 9.15. The summed E-state index contributed by atoms with van der Waals surface area (Å²) in [6.45, 7) is 4.83. The van der Waals surface area contributed by atoms with E-state index in [0.717, 1.165) is 0 Å². The van der Waals surface area contributed by atoms with Crippen molar-refractivity contribution in [1.82, 2.24) is 0 Å². The summed E-state index contributed by atoms with van der Waals surface area (Å²) < 4.78 is 20.5. The summed E-state index contributed by atoms with van der Waals surface area (Å²) in [7, 11) is 2.94. The monoisotopic (exact) mass is 415 g/mol. The highest BCUT2D eigenvalue weighted by Gasteiger charge is 2.18. The summed E-state index contributed by atoms with van der Waals surface area (Å²) in [4.78, 5) is 36.4. The van der Waals surface area contributed by atoms with Crippen LogP contribution in [0.5, 0.6) is 11.5 Å². The third kappa shape index (κ3) is 6.51. The largest absolute Gasteiger partial charge is 0.497 e. The predicted octanol–water partition coefficient (Wildman–Crippen LogP) is 4.09.